The third-order valence-electron chi connectivity index (χ3n) is 9.05. The number of benzene rings is 1. The number of carbonyl (C=O) groups excluding carboxylic acids is 1. The number of aromatic nitrogens is 2. The lowest BCUT2D eigenvalue weighted by Gasteiger charge is -2.35. The fourth-order valence-electron chi connectivity index (χ4n) is 6.88. The van der Waals surface area contributed by atoms with Crippen molar-refractivity contribution in [2.75, 3.05) is 20.8 Å². The van der Waals surface area contributed by atoms with Crippen LogP contribution in [0.2, 0.25) is 0 Å². The Bertz CT molecular complexity index is 1120. The number of amides is 1. The van der Waals surface area contributed by atoms with Gasteiger partial charge in [-0.05, 0) is 75.8 Å². The first kappa shape index (κ1) is 25.1. The molecular formula is C28H39N3O5. The minimum atomic E-state index is -0.695. The first-order valence-corrected chi connectivity index (χ1v) is 13.5. The lowest BCUT2D eigenvalue weighted by Crippen LogP contribution is -2.35. The number of methoxy groups -OCH3 is 2. The van der Waals surface area contributed by atoms with Gasteiger partial charge in [-0.2, -0.15) is 0 Å². The van der Waals surface area contributed by atoms with E-state index < -0.39 is 5.97 Å². The Labute approximate surface area is 213 Å². The lowest BCUT2D eigenvalue weighted by molar-refractivity contribution is -0.143. The normalized spacial score (nSPS) is 27.5. The van der Waals surface area contributed by atoms with Crippen molar-refractivity contribution in [3.8, 4) is 0 Å². The first-order valence-electron chi connectivity index (χ1n) is 13.5. The summed E-state index contributed by atoms with van der Waals surface area (Å²) in [7, 11) is 3.23. The van der Waals surface area contributed by atoms with E-state index in [1.165, 1.54) is 12.7 Å². The van der Waals surface area contributed by atoms with Crippen LogP contribution < -0.4 is 0 Å². The van der Waals surface area contributed by atoms with Crippen LogP contribution >= 0.6 is 0 Å². The van der Waals surface area contributed by atoms with Gasteiger partial charge >= 0.3 is 12.1 Å². The molecule has 1 amide bonds. The van der Waals surface area contributed by atoms with E-state index in [0.29, 0.717) is 31.5 Å². The van der Waals surface area contributed by atoms with E-state index in [9.17, 15) is 14.7 Å². The molecular weight excluding hydrogens is 458 g/mol. The van der Waals surface area contributed by atoms with E-state index in [2.05, 4.69) is 23.6 Å². The first-order chi connectivity index (χ1) is 17.4. The number of aliphatic carboxylic acids is 1. The Hall–Kier alpha value is -2.61. The van der Waals surface area contributed by atoms with Crippen molar-refractivity contribution in [2.45, 2.75) is 89.3 Å². The summed E-state index contributed by atoms with van der Waals surface area (Å²) in [5.41, 5.74) is 4.41. The summed E-state index contributed by atoms with van der Waals surface area (Å²) in [6.45, 7) is 3.44. The van der Waals surface area contributed by atoms with Crippen LogP contribution in [-0.4, -0.2) is 58.5 Å². The molecule has 1 aromatic heterocycles. The molecule has 3 aliphatic rings. The summed E-state index contributed by atoms with van der Waals surface area (Å²) in [5, 5.41) is 9.75. The zero-order chi connectivity index (χ0) is 25.4. The molecule has 8 nitrogen and oxygen atoms in total. The fourth-order valence-corrected chi connectivity index (χ4v) is 6.88. The molecule has 2 fully saturated rings. The van der Waals surface area contributed by atoms with Gasteiger partial charge in [-0.1, -0.05) is 12.5 Å². The van der Waals surface area contributed by atoms with Crippen LogP contribution in [0.25, 0.3) is 11.0 Å². The van der Waals surface area contributed by atoms with Crippen LogP contribution in [-0.2, 0) is 27.2 Å². The van der Waals surface area contributed by atoms with Gasteiger partial charge in [-0.3, -0.25) is 4.79 Å². The molecule has 1 aromatic carbocycles. The lowest BCUT2D eigenvalue weighted by atomic mass is 9.80. The largest absolute Gasteiger partial charge is 0.481 e. The van der Waals surface area contributed by atoms with E-state index in [0.717, 1.165) is 73.8 Å². The van der Waals surface area contributed by atoms with Crippen LogP contribution in [0.5, 0.6) is 0 Å². The van der Waals surface area contributed by atoms with Crippen molar-refractivity contribution >= 4 is 23.1 Å². The number of fused-ring (bicyclic) bond motifs is 3. The number of ether oxygens (including phenoxy) is 2. The molecule has 0 bridgehead atoms. The van der Waals surface area contributed by atoms with Crippen molar-refractivity contribution in [1.29, 1.82) is 0 Å². The van der Waals surface area contributed by atoms with Gasteiger partial charge in [0.1, 0.15) is 5.82 Å². The van der Waals surface area contributed by atoms with Crippen LogP contribution in [0.3, 0.4) is 0 Å². The number of imidazole rings is 1. The number of rotatable bonds is 5. The molecule has 36 heavy (non-hydrogen) atoms. The molecule has 8 heteroatoms. The molecule has 2 saturated carbocycles. The zero-order valence-corrected chi connectivity index (χ0v) is 21.7. The van der Waals surface area contributed by atoms with Crippen molar-refractivity contribution in [3.05, 3.63) is 29.1 Å². The van der Waals surface area contributed by atoms with Crippen LogP contribution in [0, 0.1) is 11.8 Å². The molecule has 0 saturated heterocycles. The minimum absolute atomic E-state index is 0.126. The quantitative estimate of drug-likeness (QED) is 0.604. The van der Waals surface area contributed by atoms with E-state index in [1.54, 1.807) is 12.0 Å². The molecule has 2 aliphatic carbocycles. The molecule has 0 unspecified atom stereocenters. The maximum Gasteiger partial charge on any atom is 0.409 e. The Balaban J connectivity index is 1.57. The fraction of sp³-hybridized carbons (Fsp3) is 0.679. The summed E-state index contributed by atoms with van der Waals surface area (Å²) in [6.07, 6.45) is 8.44. The van der Waals surface area contributed by atoms with Gasteiger partial charge in [0, 0.05) is 31.2 Å². The second-order valence-electron chi connectivity index (χ2n) is 11.0. The van der Waals surface area contributed by atoms with Gasteiger partial charge in [-0.25, -0.2) is 9.78 Å². The van der Waals surface area contributed by atoms with Gasteiger partial charge in [0.25, 0.3) is 0 Å². The molecule has 2 aromatic rings. The van der Waals surface area contributed by atoms with Crippen molar-refractivity contribution in [1.82, 2.24) is 14.5 Å². The Morgan fingerprint density at radius 1 is 1.11 bits per heavy atom. The van der Waals surface area contributed by atoms with Crippen LogP contribution in [0.4, 0.5) is 4.79 Å². The highest BCUT2D eigenvalue weighted by molar-refractivity contribution is 5.82. The summed E-state index contributed by atoms with van der Waals surface area (Å²) >= 11 is 0. The van der Waals surface area contributed by atoms with Gasteiger partial charge in [0.15, 0.2) is 0 Å². The van der Waals surface area contributed by atoms with Crippen molar-refractivity contribution < 1.29 is 24.2 Å². The molecule has 196 valence electrons. The molecule has 5 rings (SSSR count). The minimum Gasteiger partial charge on any atom is -0.481 e. The van der Waals surface area contributed by atoms with E-state index in [1.807, 2.05) is 0 Å². The second kappa shape index (κ2) is 10.4. The highest BCUT2D eigenvalue weighted by atomic mass is 16.5. The number of carbonyl (C=O) groups is 2. The Morgan fingerprint density at radius 3 is 2.58 bits per heavy atom. The monoisotopic (exact) mass is 497 g/mol. The summed E-state index contributed by atoms with van der Waals surface area (Å²) in [5.74, 6) is 0.670. The third-order valence-corrected chi connectivity index (χ3v) is 9.05. The highest BCUT2D eigenvalue weighted by Gasteiger charge is 2.35. The topological polar surface area (TPSA) is 93.9 Å². The standard InChI is InChI=1S/C28H39N3O5/c1-17(18-7-10-22(35-2)11-8-18)31-24-12-9-19-13-14-30(28(34)36-3)16-23(19)25(24)29-26(31)20-5-4-6-21(15-20)27(32)33/h9,12,17-18,20-22H,4-8,10-11,13-16H2,1-3H3,(H,32,33)/t17-,18-,20-,21-,22+/m1/s1. The Morgan fingerprint density at radius 2 is 1.89 bits per heavy atom. The molecule has 0 spiro atoms. The van der Waals surface area contributed by atoms with Gasteiger partial charge in [0.05, 0.1) is 36.7 Å². The molecule has 0 radical (unpaired) electrons. The second-order valence-corrected chi connectivity index (χ2v) is 11.0. The predicted molar refractivity (Wildman–Crippen MR) is 136 cm³/mol. The van der Waals surface area contributed by atoms with Gasteiger partial charge < -0.3 is 24.0 Å². The molecule has 1 N–H and O–H groups in total. The van der Waals surface area contributed by atoms with Gasteiger partial charge in [-0.15, -0.1) is 0 Å². The molecule has 1 aliphatic heterocycles. The van der Waals surface area contributed by atoms with Crippen molar-refractivity contribution in [2.24, 2.45) is 11.8 Å². The number of hydrogen-bond acceptors (Lipinski definition) is 5. The van der Waals surface area contributed by atoms with E-state index >= 15 is 0 Å². The number of nitrogens with zero attached hydrogens (tertiary/aromatic N) is 3. The van der Waals surface area contributed by atoms with E-state index in [4.69, 9.17) is 14.5 Å². The third kappa shape index (κ3) is 4.60. The number of hydrogen-bond donors (Lipinski definition) is 1. The average Bonchev–Trinajstić information content (AvgIpc) is 3.32. The smallest absolute Gasteiger partial charge is 0.409 e. The summed E-state index contributed by atoms with van der Waals surface area (Å²) < 4.78 is 13.1. The van der Waals surface area contributed by atoms with Crippen LogP contribution in [0.15, 0.2) is 12.1 Å². The summed E-state index contributed by atoms with van der Waals surface area (Å²) in [4.78, 5) is 31.2. The van der Waals surface area contributed by atoms with Crippen molar-refractivity contribution in [3.63, 3.8) is 0 Å². The van der Waals surface area contributed by atoms with Gasteiger partial charge in [0.2, 0.25) is 0 Å². The Kier molecular flexibility index (Phi) is 7.24. The summed E-state index contributed by atoms with van der Waals surface area (Å²) in [6, 6.07) is 4.66. The SMILES string of the molecule is COC(=O)N1CCc2ccc3c(nc([C@@H]4CCC[C@@H](C(=O)O)C4)n3[C@H](C)[C@H]3CC[C@@H](OC)CC3)c2C1. The predicted octanol–water partition coefficient (Wildman–Crippen LogP) is 5.29. The van der Waals surface area contributed by atoms with E-state index in [-0.39, 0.29) is 24.0 Å². The highest BCUT2D eigenvalue weighted by Crippen LogP contribution is 2.43. The molecule has 3 atom stereocenters. The average molecular weight is 498 g/mol. The number of carboxylic acid groups (broad SMARTS) is 1. The van der Waals surface area contributed by atoms with Crippen LogP contribution in [0.1, 0.15) is 87.2 Å². The maximum atomic E-state index is 12.3. The zero-order valence-electron chi connectivity index (χ0n) is 21.7. The maximum absolute atomic E-state index is 12.3. The molecule has 2 heterocycles. The number of carboxylic acids is 1.